The minimum absolute atomic E-state index is 0.136. The van der Waals surface area contributed by atoms with Gasteiger partial charge in [0.25, 0.3) is 0 Å². The van der Waals surface area contributed by atoms with E-state index in [0.717, 1.165) is 0 Å². The number of halogens is 3. The highest BCUT2D eigenvalue weighted by Gasteiger charge is 2.53. The fraction of sp³-hybridized carbons (Fsp3) is 0.167. The maximum Gasteiger partial charge on any atom is 0.422 e. The summed E-state index contributed by atoms with van der Waals surface area (Å²) in [4.78, 5) is 11.3. The number of rotatable bonds is 3. The Kier molecular flexibility index (Phi) is 4.15. The van der Waals surface area contributed by atoms with Crippen molar-refractivity contribution < 1.29 is 23.1 Å². The molecule has 2 aromatic carbocycles. The number of hydrogen-bond acceptors (Lipinski definition) is 4. The predicted octanol–water partition coefficient (Wildman–Crippen LogP) is 3.17. The van der Waals surface area contributed by atoms with E-state index in [4.69, 9.17) is 5.73 Å². The lowest BCUT2D eigenvalue weighted by Gasteiger charge is -2.26. The number of aromatic nitrogens is 2. The molecule has 3 rings (SSSR count). The normalized spacial score (nSPS) is 14.2. The van der Waals surface area contributed by atoms with Crippen LogP contribution in [0.1, 0.15) is 23.0 Å². The number of fused-ring (bicyclic) bond motifs is 1. The first-order valence-corrected chi connectivity index (χ1v) is 7.56. The summed E-state index contributed by atoms with van der Waals surface area (Å²) in [6.07, 6.45) is -3.59. The zero-order chi connectivity index (χ0) is 19.1. The lowest BCUT2D eigenvalue weighted by atomic mass is 9.94. The fourth-order valence-corrected chi connectivity index (χ4v) is 2.61. The molecule has 0 radical (unpaired) electrons. The second-order valence-corrected chi connectivity index (χ2v) is 6.01. The van der Waals surface area contributed by atoms with Gasteiger partial charge in [0.1, 0.15) is 5.69 Å². The van der Waals surface area contributed by atoms with Gasteiger partial charge in [-0.1, -0.05) is 24.3 Å². The van der Waals surface area contributed by atoms with E-state index in [0.29, 0.717) is 29.0 Å². The van der Waals surface area contributed by atoms with Gasteiger partial charge in [-0.05, 0) is 36.2 Å². The number of nitrogens with two attached hydrogens (primary N) is 1. The Morgan fingerprint density at radius 2 is 1.81 bits per heavy atom. The van der Waals surface area contributed by atoms with Crippen molar-refractivity contribution in [2.75, 3.05) is 0 Å². The quantitative estimate of drug-likeness (QED) is 0.750. The van der Waals surface area contributed by atoms with Gasteiger partial charge in [0.05, 0.1) is 6.20 Å². The van der Waals surface area contributed by atoms with Crippen molar-refractivity contribution in [3.05, 3.63) is 59.9 Å². The molecule has 1 amide bonds. The van der Waals surface area contributed by atoms with Crippen molar-refractivity contribution >= 4 is 16.7 Å². The molecule has 1 atom stereocenters. The minimum Gasteiger partial charge on any atom is -0.375 e. The average Bonchev–Trinajstić information content (AvgIpc) is 2.59. The molecule has 0 fully saturated rings. The zero-order valence-electron chi connectivity index (χ0n) is 13.6. The average molecular weight is 361 g/mol. The Morgan fingerprint density at radius 1 is 1.12 bits per heavy atom. The van der Waals surface area contributed by atoms with Gasteiger partial charge < -0.3 is 10.8 Å². The summed E-state index contributed by atoms with van der Waals surface area (Å²) in [6.45, 7) is 0.640. The van der Waals surface area contributed by atoms with Crippen molar-refractivity contribution in [2.24, 2.45) is 5.73 Å². The summed E-state index contributed by atoms with van der Waals surface area (Å²) < 4.78 is 39.4. The zero-order valence-corrected chi connectivity index (χ0v) is 13.6. The van der Waals surface area contributed by atoms with Crippen LogP contribution in [0.2, 0.25) is 0 Å². The maximum absolute atomic E-state index is 13.1. The third-order valence-electron chi connectivity index (χ3n) is 4.15. The molecule has 5 nitrogen and oxygen atoms in total. The van der Waals surface area contributed by atoms with Crippen LogP contribution < -0.4 is 5.73 Å². The molecule has 134 valence electrons. The van der Waals surface area contributed by atoms with Crippen LogP contribution >= 0.6 is 0 Å². The van der Waals surface area contributed by atoms with Gasteiger partial charge in [-0.15, -0.1) is 0 Å². The predicted molar refractivity (Wildman–Crippen MR) is 89.1 cm³/mol. The first-order chi connectivity index (χ1) is 12.1. The number of benzene rings is 2. The van der Waals surface area contributed by atoms with E-state index in [-0.39, 0.29) is 5.39 Å². The summed E-state index contributed by atoms with van der Waals surface area (Å²) in [5.41, 5.74) is 3.21. The molecule has 8 heteroatoms. The van der Waals surface area contributed by atoms with Crippen LogP contribution in [-0.4, -0.2) is 27.4 Å². The third kappa shape index (κ3) is 2.99. The number of carbonyl (C=O) groups excluding carboxylic acids is 1. The van der Waals surface area contributed by atoms with E-state index in [9.17, 15) is 23.1 Å². The lowest BCUT2D eigenvalue weighted by Crippen LogP contribution is -2.40. The van der Waals surface area contributed by atoms with Gasteiger partial charge in [0.2, 0.25) is 11.5 Å². The second kappa shape index (κ2) is 6.06. The molecule has 0 saturated carbocycles. The number of nitrogens with zero attached hydrogens (tertiary/aromatic N) is 2. The SMILES string of the molecule is CC(O)(c1nncc2cc(-c3cccc(C(N)=O)c3)ccc12)C(F)(F)F. The second-order valence-electron chi connectivity index (χ2n) is 6.01. The van der Waals surface area contributed by atoms with Gasteiger partial charge in [-0.25, -0.2) is 0 Å². The highest BCUT2D eigenvalue weighted by molar-refractivity contribution is 5.95. The Labute approximate surface area is 146 Å². The Hall–Kier alpha value is -3.00. The smallest absolute Gasteiger partial charge is 0.375 e. The summed E-state index contributed by atoms with van der Waals surface area (Å²) in [6, 6.07) is 11.2. The third-order valence-corrected chi connectivity index (χ3v) is 4.15. The molecule has 0 bridgehead atoms. The van der Waals surface area contributed by atoms with Gasteiger partial charge in [0, 0.05) is 16.3 Å². The first kappa shape index (κ1) is 17.8. The number of alkyl halides is 3. The van der Waals surface area contributed by atoms with Crippen LogP contribution in [0.25, 0.3) is 21.9 Å². The Bertz CT molecular complexity index is 1000. The minimum atomic E-state index is -4.90. The molecule has 26 heavy (non-hydrogen) atoms. The van der Waals surface area contributed by atoms with Crippen LogP contribution in [0, 0.1) is 0 Å². The molecule has 1 unspecified atom stereocenters. The van der Waals surface area contributed by atoms with E-state index in [1.165, 1.54) is 12.3 Å². The van der Waals surface area contributed by atoms with Gasteiger partial charge in [-0.3, -0.25) is 4.79 Å². The van der Waals surface area contributed by atoms with Gasteiger partial charge in [0.15, 0.2) is 0 Å². The molecule has 0 spiro atoms. The van der Waals surface area contributed by atoms with Crippen molar-refractivity contribution in [3.63, 3.8) is 0 Å². The summed E-state index contributed by atoms with van der Waals surface area (Å²) in [5, 5.41) is 17.5. The van der Waals surface area contributed by atoms with Crippen molar-refractivity contribution in [3.8, 4) is 11.1 Å². The first-order valence-electron chi connectivity index (χ1n) is 7.56. The number of aliphatic hydroxyl groups is 1. The summed E-state index contributed by atoms with van der Waals surface area (Å²) >= 11 is 0. The molecule has 3 N–H and O–H groups in total. The summed E-state index contributed by atoms with van der Waals surface area (Å²) in [7, 11) is 0. The topological polar surface area (TPSA) is 89.1 Å². The number of primary amides is 1. The van der Waals surface area contributed by atoms with Crippen molar-refractivity contribution in [1.29, 1.82) is 0 Å². The fourth-order valence-electron chi connectivity index (χ4n) is 2.61. The van der Waals surface area contributed by atoms with Gasteiger partial charge in [-0.2, -0.15) is 23.4 Å². The van der Waals surface area contributed by atoms with E-state index in [1.54, 1.807) is 36.4 Å². The Balaban J connectivity index is 2.15. The molecule has 1 heterocycles. The van der Waals surface area contributed by atoms with Crippen molar-refractivity contribution in [2.45, 2.75) is 18.7 Å². The van der Waals surface area contributed by atoms with E-state index in [1.807, 2.05) is 0 Å². The Morgan fingerprint density at radius 3 is 2.46 bits per heavy atom. The van der Waals surface area contributed by atoms with Crippen LogP contribution in [0.5, 0.6) is 0 Å². The molecule has 0 aliphatic heterocycles. The van der Waals surface area contributed by atoms with E-state index >= 15 is 0 Å². The van der Waals surface area contributed by atoms with Crippen LogP contribution in [0.3, 0.4) is 0 Å². The van der Waals surface area contributed by atoms with E-state index in [2.05, 4.69) is 10.2 Å². The van der Waals surface area contributed by atoms with Crippen LogP contribution in [0.4, 0.5) is 13.2 Å². The van der Waals surface area contributed by atoms with Gasteiger partial charge >= 0.3 is 6.18 Å². The molecule has 0 saturated heterocycles. The number of hydrogen-bond donors (Lipinski definition) is 2. The van der Waals surface area contributed by atoms with Crippen LogP contribution in [0.15, 0.2) is 48.7 Å². The molecule has 1 aromatic heterocycles. The largest absolute Gasteiger partial charge is 0.422 e. The molecular weight excluding hydrogens is 347 g/mol. The lowest BCUT2D eigenvalue weighted by molar-refractivity contribution is -0.260. The summed E-state index contributed by atoms with van der Waals surface area (Å²) in [5.74, 6) is -0.581. The molecule has 3 aromatic rings. The van der Waals surface area contributed by atoms with Crippen LogP contribution in [-0.2, 0) is 5.60 Å². The number of amides is 1. The monoisotopic (exact) mass is 361 g/mol. The highest BCUT2D eigenvalue weighted by atomic mass is 19.4. The molecule has 0 aliphatic rings. The van der Waals surface area contributed by atoms with Crippen molar-refractivity contribution in [1.82, 2.24) is 10.2 Å². The number of carbonyl (C=O) groups is 1. The molecule has 0 aliphatic carbocycles. The van der Waals surface area contributed by atoms with E-state index < -0.39 is 23.4 Å². The molecular formula is C18H14F3N3O2. The maximum atomic E-state index is 13.1. The standard InChI is InChI=1S/C18H14F3N3O2/c1-17(26,18(19,20)21)15-14-6-5-11(8-13(14)9-23-24-15)10-3-2-4-12(7-10)16(22)25/h2-9,26H,1H3,(H2,22,25). The highest BCUT2D eigenvalue weighted by Crippen LogP contribution is 2.40.